The standard InChI is InChI=1S/C22H27BrO7/c1-24-9-8-14(13-10-16(25-2)20(28-5)17(11-13)26-3)19-15(23)12-18(27-4)21(29-6)22(19)30-7/h8-12,14H,1-7H3/t14-/m1/s1. The fraction of sp³-hybridized carbons (Fsp3) is 0.364. The van der Waals surface area contributed by atoms with E-state index in [1.54, 1.807) is 56.0 Å². The molecule has 0 saturated carbocycles. The second-order valence-electron chi connectivity index (χ2n) is 6.04. The molecule has 0 spiro atoms. The first kappa shape index (κ1) is 23.5. The number of halogens is 1. The number of methoxy groups -OCH3 is 7. The zero-order valence-electron chi connectivity index (χ0n) is 18.2. The van der Waals surface area contributed by atoms with E-state index in [9.17, 15) is 0 Å². The zero-order chi connectivity index (χ0) is 22.3. The molecule has 0 aliphatic carbocycles. The van der Waals surface area contributed by atoms with E-state index in [1.165, 1.54) is 0 Å². The molecule has 8 heteroatoms. The maximum absolute atomic E-state index is 5.73. The molecule has 1 atom stereocenters. The van der Waals surface area contributed by atoms with Crippen molar-refractivity contribution in [2.75, 3.05) is 49.8 Å². The third-order valence-electron chi connectivity index (χ3n) is 4.58. The van der Waals surface area contributed by atoms with Crippen molar-refractivity contribution < 1.29 is 33.2 Å². The van der Waals surface area contributed by atoms with Gasteiger partial charge in [0.25, 0.3) is 0 Å². The Morgan fingerprint density at radius 2 is 1.17 bits per heavy atom. The highest BCUT2D eigenvalue weighted by molar-refractivity contribution is 9.10. The first-order chi connectivity index (χ1) is 14.5. The summed E-state index contributed by atoms with van der Waals surface area (Å²) in [7, 11) is 11.0. The summed E-state index contributed by atoms with van der Waals surface area (Å²) in [6.45, 7) is 0. The molecule has 0 bridgehead atoms. The van der Waals surface area contributed by atoms with Gasteiger partial charge in [-0.3, -0.25) is 0 Å². The molecule has 164 valence electrons. The van der Waals surface area contributed by atoms with Gasteiger partial charge in [0.1, 0.15) is 0 Å². The average molecular weight is 483 g/mol. The monoisotopic (exact) mass is 482 g/mol. The number of rotatable bonds is 10. The Bertz CT molecular complexity index is 871. The van der Waals surface area contributed by atoms with Crippen LogP contribution in [0.1, 0.15) is 17.0 Å². The molecule has 2 aromatic rings. The van der Waals surface area contributed by atoms with Crippen molar-refractivity contribution in [2.24, 2.45) is 0 Å². The minimum Gasteiger partial charge on any atom is -0.505 e. The van der Waals surface area contributed by atoms with Crippen LogP contribution in [0.25, 0.3) is 0 Å². The second-order valence-corrected chi connectivity index (χ2v) is 6.90. The normalized spacial score (nSPS) is 11.7. The number of ether oxygens (including phenoxy) is 7. The fourth-order valence-electron chi connectivity index (χ4n) is 3.25. The lowest BCUT2D eigenvalue weighted by Crippen LogP contribution is -2.07. The molecule has 0 radical (unpaired) electrons. The number of hydrogen-bond donors (Lipinski definition) is 0. The Hall–Kier alpha value is -2.74. The van der Waals surface area contributed by atoms with Crippen LogP contribution >= 0.6 is 15.9 Å². The van der Waals surface area contributed by atoms with E-state index in [4.69, 9.17) is 33.2 Å². The Morgan fingerprint density at radius 1 is 0.667 bits per heavy atom. The highest BCUT2D eigenvalue weighted by Crippen LogP contribution is 2.50. The first-order valence-electron chi connectivity index (χ1n) is 8.98. The molecule has 0 amide bonds. The molecular weight excluding hydrogens is 456 g/mol. The van der Waals surface area contributed by atoms with Crippen LogP contribution in [0.15, 0.2) is 35.0 Å². The van der Waals surface area contributed by atoms with Gasteiger partial charge in [0.15, 0.2) is 23.0 Å². The van der Waals surface area contributed by atoms with E-state index in [1.807, 2.05) is 24.3 Å². The predicted molar refractivity (Wildman–Crippen MR) is 118 cm³/mol. The van der Waals surface area contributed by atoms with Gasteiger partial charge in [-0.25, -0.2) is 0 Å². The number of benzene rings is 2. The lowest BCUT2D eigenvalue weighted by molar-refractivity contribution is 0.320. The largest absolute Gasteiger partial charge is 0.505 e. The molecule has 0 aromatic heterocycles. The molecule has 0 heterocycles. The summed E-state index contributed by atoms with van der Waals surface area (Å²) >= 11 is 3.65. The van der Waals surface area contributed by atoms with Crippen molar-refractivity contribution >= 4 is 15.9 Å². The van der Waals surface area contributed by atoms with E-state index >= 15 is 0 Å². The minimum absolute atomic E-state index is 0.303. The SMILES string of the molecule is COC=C[C@H](c1cc(OC)c(OC)c(OC)c1)c1c(Br)cc(OC)c(OC)c1OC. The molecule has 2 rings (SSSR count). The smallest absolute Gasteiger partial charge is 0.203 e. The molecule has 0 unspecified atom stereocenters. The van der Waals surface area contributed by atoms with E-state index < -0.39 is 0 Å². The molecule has 0 fully saturated rings. The van der Waals surface area contributed by atoms with Crippen LogP contribution in [0.3, 0.4) is 0 Å². The van der Waals surface area contributed by atoms with Gasteiger partial charge in [0.05, 0.1) is 56.0 Å². The highest BCUT2D eigenvalue weighted by atomic mass is 79.9. The topological polar surface area (TPSA) is 64.6 Å². The van der Waals surface area contributed by atoms with Gasteiger partial charge >= 0.3 is 0 Å². The van der Waals surface area contributed by atoms with Gasteiger partial charge in [-0.05, 0) is 29.8 Å². The molecule has 2 aromatic carbocycles. The lowest BCUT2D eigenvalue weighted by Gasteiger charge is -2.23. The number of hydrogen-bond acceptors (Lipinski definition) is 7. The summed E-state index contributed by atoms with van der Waals surface area (Å²) in [6, 6.07) is 5.60. The lowest BCUT2D eigenvalue weighted by atomic mass is 9.89. The molecule has 30 heavy (non-hydrogen) atoms. The molecule has 7 nitrogen and oxygen atoms in total. The highest BCUT2D eigenvalue weighted by Gasteiger charge is 2.27. The van der Waals surface area contributed by atoms with Crippen molar-refractivity contribution in [3.8, 4) is 34.5 Å². The van der Waals surface area contributed by atoms with Crippen LogP contribution in [0.5, 0.6) is 34.5 Å². The fourth-order valence-corrected chi connectivity index (χ4v) is 3.89. The van der Waals surface area contributed by atoms with E-state index in [-0.39, 0.29) is 5.92 Å². The van der Waals surface area contributed by atoms with Gasteiger partial charge in [0.2, 0.25) is 11.5 Å². The summed E-state index contributed by atoms with van der Waals surface area (Å²) in [6.07, 6.45) is 3.51. The Kier molecular flexibility index (Phi) is 8.53. The Labute approximate surface area is 185 Å². The second kappa shape index (κ2) is 10.9. The van der Waals surface area contributed by atoms with Gasteiger partial charge in [-0.1, -0.05) is 15.9 Å². The molecule has 0 aliphatic heterocycles. The van der Waals surface area contributed by atoms with Gasteiger partial charge in [-0.15, -0.1) is 0 Å². The van der Waals surface area contributed by atoms with Gasteiger partial charge < -0.3 is 33.2 Å². The van der Waals surface area contributed by atoms with Crippen molar-refractivity contribution in [2.45, 2.75) is 5.92 Å². The molecule has 0 saturated heterocycles. The molecular formula is C22H27BrO7. The molecule has 0 aliphatic rings. The van der Waals surface area contributed by atoms with Crippen molar-refractivity contribution in [3.63, 3.8) is 0 Å². The number of allylic oxidation sites excluding steroid dienone is 1. The zero-order valence-corrected chi connectivity index (χ0v) is 19.8. The Morgan fingerprint density at radius 3 is 1.60 bits per heavy atom. The van der Waals surface area contributed by atoms with Crippen LogP contribution in [0, 0.1) is 0 Å². The predicted octanol–water partition coefficient (Wildman–Crippen LogP) is 4.79. The van der Waals surface area contributed by atoms with E-state index in [0.717, 1.165) is 15.6 Å². The third-order valence-corrected chi connectivity index (χ3v) is 5.24. The maximum atomic E-state index is 5.73. The summed E-state index contributed by atoms with van der Waals surface area (Å²) in [5.41, 5.74) is 1.68. The maximum Gasteiger partial charge on any atom is 0.203 e. The summed E-state index contributed by atoms with van der Waals surface area (Å²) in [5, 5.41) is 0. The minimum atomic E-state index is -0.303. The third kappa shape index (κ3) is 4.53. The van der Waals surface area contributed by atoms with Gasteiger partial charge in [-0.2, -0.15) is 0 Å². The average Bonchev–Trinajstić information content (AvgIpc) is 2.78. The van der Waals surface area contributed by atoms with Crippen molar-refractivity contribution in [3.05, 3.63) is 46.1 Å². The van der Waals surface area contributed by atoms with Gasteiger partial charge in [0, 0.05) is 16.0 Å². The first-order valence-corrected chi connectivity index (χ1v) is 9.78. The Balaban J connectivity index is 2.84. The van der Waals surface area contributed by atoms with Crippen LogP contribution in [0.4, 0.5) is 0 Å². The van der Waals surface area contributed by atoms with E-state index in [0.29, 0.717) is 34.5 Å². The summed E-state index contributed by atoms with van der Waals surface area (Å²) in [4.78, 5) is 0. The van der Waals surface area contributed by atoms with Crippen LogP contribution in [-0.2, 0) is 4.74 Å². The van der Waals surface area contributed by atoms with Crippen LogP contribution < -0.4 is 28.4 Å². The van der Waals surface area contributed by atoms with Crippen LogP contribution in [0.2, 0.25) is 0 Å². The quantitative estimate of drug-likeness (QED) is 0.450. The summed E-state index contributed by atoms with van der Waals surface area (Å²) in [5.74, 6) is 2.85. The summed E-state index contributed by atoms with van der Waals surface area (Å²) < 4.78 is 39.3. The molecule has 0 N–H and O–H groups in total. The van der Waals surface area contributed by atoms with E-state index in [2.05, 4.69) is 15.9 Å². The van der Waals surface area contributed by atoms with Crippen LogP contribution in [-0.4, -0.2) is 49.8 Å². The van der Waals surface area contributed by atoms with Crippen molar-refractivity contribution in [1.29, 1.82) is 0 Å². The van der Waals surface area contributed by atoms with Crippen molar-refractivity contribution in [1.82, 2.24) is 0 Å².